The summed E-state index contributed by atoms with van der Waals surface area (Å²) < 4.78 is 18.9. The molecule has 72 heavy (non-hydrogen) atoms. The smallest absolute Gasteiger partial charge is 0.391 e. The van der Waals surface area contributed by atoms with Crippen molar-refractivity contribution in [2.75, 3.05) is 39.8 Å². The SMILES string of the molecule is C.C.CCOC(=O)C(=O)Cl.CNC(=O)C(=O)N1C[C@@H]2C(C#Cc3ccc(-c4cc(Cn5ccnc5[C@H](C)O)no4)cc3)[C@@H]2C1.C[C@H](O)c1nccn1Cc1cc(-c2ccc(C#CC3[C@H]4CNC[C@@H]34)cc2)on1. The van der Waals surface area contributed by atoms with Gasteiger partial charge in [-0.3, -0.25) is 14.4 Å². The Balaban J connectivity index is 0.000000202. The third kappa shape index (κ3) is 12.9. The highest BCUT2D eigenvalue weighted by molar-refractivity contribution is 6.80. The molecule has 4 aromatic heterocycles. The van der Waals surface area contributed by atoms with Crippen LogP contribution in [0.25, 0.3) is 22.6 Å². The Morgan fingerprint density at radius 3 is 1.60 bits per heavy atom. The van der Waals surface area contributed by atoms with Crippen LogP contribution >= 0.6 is 11.6 Å². The van der Waals surface area contributed by atoms with Crippen LogP contribution in [0.3, 0.4) is 0 Å². The number of hydrogen-bond donors (Lipinski definition) is 4. The van der Waals surface area contributed by atoms with Gasteiger partial charge in [0, 0.05) is 91.1 Å². The summed E-state index contributed by atoms with van der Waals surface area (Å²) >= 11 is 4.69. The van der Waals surface area contributed by atoms with Crippen LogP contribution in [0.1, 0.15) is 82.0 Å². The minimum absolute atomic E-state index is 0. The molecule has 378 valence electrons. The van der Waals surface area contributed by atoms with Crippen LogP contribution < -0.4 is 10.6 Å². The number of hydrogen-bond acceptors (Lipinski definition) is 14. The lowest BCUT2D eigenvalue weighted by molar-refractivity contribution is -0.149. The summed E-state index contributed by atoms with van der Waals surface area (Å²) in [5, 5.41) is 32.6. The predicted octanol–water partition coefficient (Wildman–Crippen LogP) is 5.49. The molecule has 4 N–H and O–H groups in total. The Morgan fingerprint density at radius 2 is 1.21 bits per heavy atom. The molecule has 8 atom stereocenters. The van der Waals surface area contributed by atoms with Gasteiger partial charge in [0.2, 0.25) is 0 Å². The number of nitrogens with one attached hydrogen (secondary N) is 2. The highest BCUT2D eigenvalue weighted by Gasteiger charge is 2.56. The maximum atomic E-state index is 12.0. The van der Waals surface area contributed by atoms with Gasteiger partial charge >= 0.3 is 23.0 Å². The van der Waals surface area contributed by atoms with Crippen LogP contribution in [0.15, 0.2) is 94.5 Å². The molecule has 4 fully saturated rings. The van der Waals surface area contributed by atoms with E-state index in [1.165, 1.54) is 7.05 Å². The molecular formula is C53H60ClN9O9. The third-order valence-electron chi connectivity index (χ3n) is 12.6. The largest absolute Gasteiger partial charge is 0.459 e. The fraction of sp³-hybridized carbons (Fsp3) is 0.396. The van der Waals surface area contributed by atoms with Crippen LogP contribution in [0.4, 0.5) is 0 Å². The fourth-order valence-electron chi connectivity index (χ4n) is 8.78. The number of likely N-dealkylation sites (N-methyl/N-ethyl adjacent to an activating group) is 1. The van der Waals surface area contributed by atoms with E-state index in [-0.39, 0.29) is 27.4 Å². The summed E-state index contributed by atoms with van der Waals surface area (Å²) in [7, 11) is 1.47. The Hall–Kier alpha value is -7.35. The van der Waals surface area contributed by atoms with Gasteiger partial charge in [-0.1, -0.05) is 48.8 Å². The van der Waals surface area contributed by atoms with Crippen molar-refractivity contribution >= 4 is 34.6 Å². The topological polar surface area (TPSA) is 233 Å². The average molecular weight is 1000 g/mol. The fourth-order valence-corrected chi connectivity index (χ4v) is 8.84. The summed E-state index contributed by atoms with van der Waals surface area (Å²) in [5.74, 6) is 17.0. The summed E-state index contributed by atoms with van der Waals surface area (Å²) in [5.41, 5.74) is 5.33. The molecule has 2 saturated carbocycles. The number of imidazole rings is 2. The number of piperidine rings is 2. The number of halogens is 1. The van der Waals surface area contributed by atoms with E-state index in [2.05, 4.69) is 59.3 Å². The molecule has 19 heteroatoms. The number of fused-ring (bicyclic) bond motifs is 2. The van der Waals surface area contributed by atoms with E-state index in [0.29, 0.717) is 61.3 Å². The number of benzene rings is 2. The number of esters is 1. The van der Waals surface area contributed by atoms with Crippen molar-refractivity contribution < 1.29 is 43.2 Å². The van der Waals surface area contributed by atoms with Gasteiger partial charge in [-0.05, 0) is 118 Å². The molecule has 0 bridgehead atoms. The second-order valence-corrected chi connectivity index (χ2v) is 17.7. The van der Waals surface area contributed by atoms with E-state index in [1.54, 1.807) is 44.3 Å². The van der Waals surface area contributed by atoms with E-state index >= 15 is 0 Å². The number of aliphatic hydroxyl groups is 2. The molecule has 2 aliphatic carbocycles. The molecule has 6 aromatic rings. The standard InChI is InChI=1S/C25H25N5O4.C22H22N4O2.C4H5ClO3.2CH4/c1-15(31)23-27-9-10-29(23)12-18-11-22(34-28-18)17-6-3-16(4-7-17)5-8-19-20-13-30(14-21(19)20)25(33)24(32)26-2;1-14(27)22-24-8-9-26(22)13-17-10-21(28-25-17)16-5-2-15(3-6-16)4-7-18-19-11-23-12-20(18)19;1-2-8-4(7)3(5)6;;/h3-4,6-7,9-11,15,19-21,31H,12-14H2,1-2H3,(H,26,32);2-3,5-6,8-10,14,18-20,23,27H,11-13H2,1H3;2H2,1H3;2*1H4/t15-,19?,20-,21+;14-,18?,19-,20+;;;/m00.../s1. The Labute approximate surface area is 423 Å². The van der Waals surface area contributed by atoms with Crippen LogP contribution in [0.5, 0.6) is 0 Å². The van der Waals surface area contributed by atoms with Crippen molar-refractivity contribution in [3.05, 3.63) is 120 Å². The summed E-state index contributed by atoms with van der Waals surface area (Å²) in [6.45, 7) is 9.55. The van der Waals surface area contributed by atoms with Gasteiger partial charge in [0.25, 0.3) is 0 Å². The minimum atomic E-state index is -1.08. The lowest BCUT2D eigenvalue weighted by atomic mass is 10.1. The van der Waals surface area contributed by atoms with E-state index < -0.39 is 35.2 Å². The molecule has 2 aliphatic heterocycles. The first-order valence-electron chi connectivity index (χ1n) is 22.9. The number of nitrogens with zero attached hydrogens (tertiary/aromatic N) is 7. The number of aliphatic hydroxyl groups excluding tert-OH is 2. The first kappa shape index (κ1) is 54.0. The van der Waals surface area contributed by atoms with Gasteiger partial charge in [0.05, 0.1) is 19.7 Å². The van der Waals surface area contributed by atoms with Crippen molar-refractivity contribution in [1.82, 2.24) is 44.9 Å². The van der Waals surface area contributed by atoms with E-state index in [4.69, 9.17) is 20.6 Å². The van der Waals surface area contributed by atoms with Crippen LogP contribution in [0.2, 0.25) is 0 Å². The molecule has 18 nitrogen and oxygen atoms in total. The van der Waals surface area contributed by atoms with Gasteiger partial charge in [0.1, 0.15) is 35.2 Å². The predicted molar refractivity (Wildman–Crippen MR) is 267 cm³/mol. The highest BCUT2D eigenvalue weighted by atomic mass is 35.5. The van der Waals surface area contributed by atoms with E-state index in [1.807, 2.05) is 76.0 Å². The van der Waals surface area contributed by atoms with Gasteiger partial charge < -0.3 is 48.7 Å². The van der Waals surface area contributed by atoms with Gasteiger partial charge in [0.15, 0.2) is 11.5 Å². The number of likely N-dealkylation sites (tertiary alicyclic amines) is 1. The van der Waals surface area contributed by atoms with Crippen molar-refractivity contribution in [2.45, 2.75) is 60.9 Å². The molecule has 0 radical (unpaired) electrons. The van der Waals surface area contributed by atoms with Crippen LogP contribution in [-0.2, 0) is 37.0 Å². The average Bonchev–Trinajstić information content (AvgIpc) is 4.02. The Morgan fingerprint density at radius 1 is 0.764 bits per heavy atom. The highest BCUT2D eigenvalue weighted by Crippen LogP contribution is 2.51. The first-order valence-corrected chi connectivity index (χ1v) is 23.3. The molecule has 10 rings (SSSR count). The Kier molecular flexibility index (Phi) is 18.1. The summed E-state index contributed by atoms with van der Waals surface area (Å²) in [4.78, 5) is 53.3. The monoisotopic (exact) mass is 1000 g/mol. The second kappa shape index (κ2) is 24.2. The number of ether oxygens (including phenoxy) is 1. The summed E-state index contributed by atoms with van der Waals surface area (Å²) in [6.07, 6.45) is 5.67. The van der Waals surface area contributed by atoms with Gasteiger partial charge in [-0.25, -0.2) is 14.8 Å². The quantitative estimate of drug-likeness (QED) is 0.0576. The van der Waals surface area contributed by atoms with Crippen LogP contribution in [-0.4, -0.2) is 107 Å². The molecule has 2 amide bonds. The minimum Gasteiger partial charge on any atom is -0.459 e. The number of aromatic nitrogens is 6. The zero-order chi connectivity index (χ0) is 49.5. The number of carbonyl (C=O) groups excluding carboxylic acids is 4. The van der Waals surface area contributed by atoms with Crippen molar-refractivity contribution in [1.29, 1.82) is 0 Å². The van der Waals surface area contributed by atoms with Crippen molar-refractivity contribution in [3.63, 3.8) is 0 Å². The number of amides is 2. The van der Waals surface area contributed by atoms with Crippen molar-refractivity contribution in [2.24, 2.45) is 35.5 Å². The molecule has 2 saturated heterocycles. The summed E-state index contributed by atoms with van der Waals surface area (Å²) in [6, 6.07) is 19.7. The normalized spacial score (nSPS) is 20.2. The molecule has 4 aliphatic rings. The van der Waals surface area contributed by atoms with Crippen LogP contribution in [0, 0.1) is 59.2 Å². The van der Waals surface area contributed by atoms with Gasteiger partial charge in [-0.15, -0.1) is 0 Å². The molecular weight excluding hydrogens is 942 g/mol. The number of carbonyl (C=O) groups is 4. The lowest BCUT2D eigenvalue weighted by Crippen LogP contribution is -2.41. The molecule has 0 spiro atoms. The molecule has 2 unspecified atom stereocenters. The zero-order valence-electron chi connectivity index (χ0n) is 38.9. The van der Waals surface area contributed by atoms with Gasteiger partial charge in [-0.2, -0.15) is 0 Å². The van der Waals surface area contributed by atoms with Crippen molar-refractivity contribution in [3.8, 4) is 46.3 Å². The molecule has 6 heterocycles. The molecule has 2 aromatic carbocycles. The maximum Gasteiger partial charge on any atom is 0.391 e. The Bertz CT molecular complexity index is 2930. The second-order valence-electron chi connectivity index (χ2n) is 17.4. The van der Waals surface area contributed by atoms with E-state index in [9.17, 15) is 29.4 Å². The van der Waals surface area contributed by atoms with E-state index in [0.717, 1.165) is 64.3 Å². The first-order chi connectivity index (χ1) is 33.8. The zero-order valence-corrected chi connectivity index (χ0v) is 39.7. The maximum absolute atomic E-state index is 12.0. The third-order valence-corrected chi connectivity index (χ3v) is 12.7. The number of rotatable bonds is 10. The lowest BCUT2D eigenvalue weighted by Gasteiger charge is -2.17.